The molecular weight excluding hydrogens is 336 g/mol. The number of esters is 1. The quantitative estimate of drug-likeness (QED) is 0.296. The molecule has 2 unspecified atom stereocenters. The predicted octanol–water partition coefficient (Wildman–Crippen LogP) is 5.32. The van der Waals surface area contributed by atoms with Crippen molar-refractivity contribution in [1.29, 1.82) is 0 Å². The third kappa shape index (κ3) is 4.35. The Hall–Kier alpha value is -0.0900. The molecule has 0 radical (unpaired) electrons. The third-order valence-corrected chi connectivity index (χ3v) is 8.86. The minimum atomic E-state index is -0.250. The second-order valence-corrected chi connectivity index (χ2v) is 11.1. The van der Waals surface area contributed by atoms with Gasteiger partial charge in [0, 0.05) is 16.2 Å². The number of hydrogen-bond donors (Lipinski definition) is 0. The molecule has 0 heterocycles. The van der Waals surface area contributed by atoms with Gasteiger partial charge in [0.1, 0.15) is 0 Å². The minimum absolute atomic E-state index is 0.250. The normalized spacial score (nSPS) is 36.7. The number of carbonyl (C=O) groups excluding carboxylic acids is 1. The van der Waals surface area contributed by atoms with E-state index in [2.05, 4.69) is 37.0 Å². The van der Waals surface area contributed by atoms with Crippen molar-refractivity contribution in [3.8, 4) is 0 Å². The highest BCUT2D eigenvalue weighted by Crippen LogP contribution is 2.65. The van der Waals surface area contributed by atoms with E-state index in [0.29, 0.717) is 11.4 Å². The van der Waals surface area contributed by atoms with Gasteiger partial charge in [-0.3, -0.25) is 0 Å². The lowest BCUT2D eigenvalue weighted by Gasteiger charge is -2.61. The van der Waals surface area contributed by atoms with Gasteiger partial charge in [0.2, 0.25) is 0 Å². The predicted molar refractivity (Wildman–Crippen MR) is 106 cm³/mol. The lowest BCUT2D eigenvalue weighted by Crippen LogP contribution is -2.55. The molecule has 24 heavy (non-hydrogen) atoms. The molecule has 0 saturated heterocycles. The van der Waals surface area contributed by atoms with Crippen LogP contribution in [-0.2, 0) is 9.53 Å². The maximum Gasteiger partial charge on any atom is 0.330 e. The fourth-order valence-corrected chi connectivity index (χ4v) is 8.54. The van der Waals surface area contributed by atoms with E-state index in [4.69, 9.17) is 4.74 Å². The molecule has 0 aromatic rings. The van der Waals surface area contributed by atoms with E-state index in [0.717, 1.165) is 11.8 Å². The fraction of sp³-hybridized carbons (Fsp3) is 0.850. The maximum atomic E-state index is 11.5. The van der Waals surface area contributed by atoms with E-state index in [-0.39, 0.29) is 11.4 Å². The summed E-state index contributed by atoms with van der Waals surface area (Å²) in [6, 6.07) is 0. The fourth-order valence-electron chi connectivity index (χ4n) is 5.68. The second-order valence-electron chi connectivity index (χ2n) is 8.27. The van der Waals surface area contributed by atoms with Crippen LogP contribution in [-0.4, -0.2) is 34.6 Å². The Morgan fingerprint density at radius 1 is 1.21 bits per heavy atom. The Kier molecular flexibility index (Phi) is 6.29. The number of rotatable bonds is 10. The molecule has 4 aliphatic carbocycles. The first-order valence-electron chi connectivity index (χ1n) is 9.60. The van der Waals surface area contributed by atoms with Crippen LogP contribution in [0.5, 0.6) is 0 Å². The standard InChI is InChI=1S/C20H32O2S2/c1-3-6-23-7-5-8-24-20-12-16-9-17(13-20)11-19(10-16,14-20)15-22-18(21)4-2/h4,16-17H,2-3,5-15H2,1H3. The molecule has 136 valence electrons. The molecule has 4 saturated carbocycles. The highest BCUT2D eigenvalue weighted by molar-refractivity contribution is 8.01. The second kappa shape index (κ2) is 8.07. The van der Waals surface area contributed by atoms with Gasteiger partial charge >= 0.3 is 5.97 Å². The Morgan fingerprint density at radius 2 is 1.96 bits per heavy atom. The van der Waals surface area contributed by atoms with Crippen molar-refractivity contribution in [2.45, 2.75) is 63.0 Å². The van der Waals surface area contributed by atoms with E-state index in [1.807, 2.05) is 0 Å². The molecule has 4 aliphatic rings. The first kappa shape index (κ1) is 18.7. The van der Waals surface area contributed by atoms with Crippen LogP contribution in [0.25, 0.3) is 0 Å². The summed E-state index contributed by atoms with van der Waals surface area (Å²) in [4.78, 5) is 11.5. The zero-order valence-corrected chi connectivity index (χ0v) is 16.7. The first-order chi connectivity index (χ1) is 11.6. The zero-order chi connectivity index (χ0) is 17.0. The Morgan fingerprint density at radius 3 is 2.62 bits per heavy atom. The van der Waals surface area contributed by atoms with E-state index in [9.17, 15) is 4.79 Å². The lowest BCUT2D eigenvalue weighted by molar-refractivity contribution is -0.148. The van der Waals surface area contributed by atoms with Crippen LogP contribution in [0.1, 0.15) is 58.3 Å². The molecule has 0 N–H and O–H groups in total. The van der Waals surface area contributed by atoms with Crippen molar-refractivity contribution in [3.05, 3.63) is 12.7 Å². The van der Waals surface area contributed by atoms with Crippen molar-refractivity contribution in [2.75, 3.05) is 23.9 Å². The lowest BCUT2D eigenvalue weighted by atomic mass is 9.49. The van der Waals surface area contributed by atoms with Gasteiger partial charge < -0.3 is 4.74 Å². The number of thioether (sulfide) groups is 2. The van der Waals surface area contributed by atoms with Crippen molar-refractivity contribution in [2.24, 2.45) is 17.3 Å². The van der Waals surface area contributed by atoms with Gasteiger partial charge in [-0.1, -0.05) is 13.5 Å². The molecule has 4 rings (SSSR count). The van der Waals surface area contributed by atoms with Gasteiger partial charge in [0.25, 0.3) is 0 Å². The highest BCUT2D eigenvalue weighted by Gasteiger charge is 2.58. The third-order valence-electron chi connectivity index (χ3n) is 6.01. The molecular formula is C20H32O2S2. The van der Waals surface area contributed by atoms with Crippen molar-refractivity contribution >= 4 is 29.5 Å². The van der Waals surface area contributed by atoms with Crippen LogP contribution in [0.15, 0.2) is 12.7 Å². The topological polar surface area (TPSA) is 26.3 Å². The van der Waals surface area contributed by atoms with Crippen LogP contribution >= 0.6 is 23.5 Å². The molecule has 2 atom stereocenters. The summed E-state index contributed by atoms with van der Waals surface area (Å²) in [7, 11) is 0. The Balaban J connectivity index is 1.54. The van der Waals surface area contributed by atoms with Gasteiger partial charge in [0.05, 0.1) is 6.61 Å². The molecule has 4 bridgehead atoms. The van der Waals surface area contributed by atoms with Crippen molar-refractivity contribution in [3.63, 3.8) is 0 Å². The van der Waals surface area contributed by atoms with Crippen LogP contribution in [0, 0.1) is 17.3 Å². The molecule has 4 fully saturated rings. The number of carbonyl (C=O) groups is 1. The van der Waals surface area contributed by atoms with Crippen molar-refractivity contribution < 1.29 is 9.53 Å². The summed E-state index contributed by atoms with van der Waals surface area (Å²) < 4.78 is 6.01. The summed E-state index contributed by atoms with van der Waals surface area (Å²) in [5, 5.41) is 0. The monoisotopic (exact) mass is 368 g/mol. The van der Waals surface area contributed by atoms with Gasteiger partial charge in [-0.2, -0.15) is 23.5 Å². The SMILES string of the molecule is C=CC(=O)OCC12CC3CC(C1)CC(SCCCSCCC)(C3)C2. The summed E-state index contributed by atoms with van der Waals surface area (Å²) >= 11 is 4.36. The molecule has 0 amide bonds. The highest BCUT2D eigenvalue weighted by atomic mass is 32.2. The van der Waals surface area contributed by atoms with E-state index < -0.39 is 0 Å². The molecule has 2 nitrogen and oxygen atoms in total. The summed E-state index contributed by atoms with van der Waals surface area (Å²) in [5.74, 6) is 5.41. The van der Waals surface area contributed by atoms with Crippen LogP contribution in [0.3, 0.4) is 0 Å². The molecule has 0 aromatic carbocycles. The number of hydrogen-bond acceptors (Lipinski definition) is 4. The van der Waals surface area contributed by atoms with Gasteiger partial charge in [0.15, 0.2) is 0 Å². The average molecular weight is 369 g/mol. The van der Waals surface area contributed by atoms with E-state index >= 15 is 0 Å². The maximum absolute atomic E-state index is 11.5. The van der Waals surface area contributed by atoms with Crippen LogP contribution in [0.4, 0.5) is 0 Å². The number of ether oxygens (including phenoxy) is 1. The molecule has 0 aliphatic heterocycles. The van der Waals surface area contributed by atoms with E-state index in [1.165, 1.54) is 74.7 Å². The van der Waals surface area contributed by atoms with Gasteiger partial charge in [-0.05, 0) is 80.5 Å². The van der Waals surface area contributed by atoms with Crippen molar-refractivity contribution in [1.82, 2.24) is 0 Å². The zero-order valence-electron chi connectivity index (χ0n) is 15.1. The largest absolute Gasteiger partial charge is 0.462 e. The summed E-state index contributed by atoms with van der Waals surface area (Å²) in [5.41, 5.74) is 0.271. The molecule has 0 spiro atoms. The minimum Gasteiger partial charge on any atom is -0.462 e. The van der Waals surface area contributed by atoms with Crippen LogP contribution < -0.4 is 0 Å². The summed E-state index contributed by atoms with van der Waals surface area (Å²) in [6.45, 7) is 6.41. The first-order valence-corrected chi connectivity index (χ1v) is 11.7. The average Bonchev–Trinajstić information content (AvgIpc) is 2.54. The Labute approximate surface area is 155 Å². The van der Waals surface area contributed by atoms with Gasteiger partial charge in [-0.25, -0.2) is 4.79 Å². The molecule has 0 aromatic heterocycles. The van der Waals surface area contributed by atoms with Gasteiger partial charge in [-0.15, -0.1) is 0 Å². The smallest absolute Gasteiger partial charge is 0.330 e. The van der Waals surface area contributed by atoms with Crippen LogP contribution in [0.2, 0.25) is 0 Å². The Bertz CT molecular complexity index is 449. The molecule has 4 heteroatoms. The van der Waals surface area contributed by atoms with E-state index in [1.54, 1.807) is 0 Å². The summed E-state index contributed by atoms with van der Waals surface area (Å²) in [6.07, 6.45) is 12.0.